The molecule has 2 unspecified atom stereocenters. The first-order chi connectivity index (χ1) is 11.2. The molecule has 2 atom stereocenters. The van der Waals surface area contributed by atoms with Crippen LogP contribution in [0.15, 0.2) is 73.3 Å². The normalized spacial score (nSPS) is 14.2. The lowest BCUT2D eigenvalue weighted by Gasteiger charge is -2.42. The Morgan fingerprint density at radius 1 is 1.04 bits per heavy atom. The van der Waals surface area contributed by atoms with Gasteiger partial charge in [-0.15, -0.1) is 6.58 Å². The molecule has 0 radical (unpaired) electrons. The molecule has 1 N–H and O–H groups in total. The van der Waals surface area contributed by atoms with Crippen LogP contribution >= 0.6 is 0 Å². The Hall–Kier alpha value is -1.90. The monoisotopic (exact) mass is 309 g/mol. The lowest BCUT2D eigenvalue weighted by molar-refractivity contribution is -0.0350. The number of nitrogens with one attached hydrogen (secondary N) is 1. The summed E-state index contributed by atoms with van der Waals surface area (Å²) in [6.45, 7) is 6.15. The predicted octanol–water partition coefficient (Wildman–Crippen LogP) is 4.38. The van der Waals surface area contributed by atoms with Crippen molar-refractivity contribution in [2.75, 3.05) is 14.2 Å². The van der Waals surface area contributed by atoms with Gasteiger partial charge in [-0.2, -0.15) is 0 Å². The first kappa shape index (κ1) is 17.5. The van der Waals surface area contributed by atoms with Crippen molar-refractivity contribution < 1.29 is 4.74 Å². The average Bonchev–Trinajstić information content (AvgIpc) is 2.62. The fourth-order valence-corrected chi connectivity index (χ4v) is 3.52. The minimum absolute atomic E-state index is 0.222. The van der Waals surface area contributed by atoms with E-state index in [1.807, 2.05) is 25.3 Å². The molecular weight excluding hydrogens is 282 g/mol. The van der Waals surface area contributed by atoms with Crippen LogP contribution < -0.4 is 5.32 Å². The molecule has 2 nitrogen and oxygen atoms in total. The number of ether oxygens (including phenoxy) is 1. The summed E-state index contributed by atoms with van der Waals surface area (Å²) >= 11 is 0. The van der Waals surface area contributed by atoms with Crippen LogP contribution in [0.3, 0.4) is 0 Å². The molecule has 0 heterocycles. The Balaban J connectivity index is 2.61. The number of hydrogen-bond acceptors (Lipinski definition) is 2. The lowest BCUT2D eigenvalue weighted by Crippen LogP contribution is -2.47. The van der Waals surface area contributed by atoms with Crippen LogP contribution in [0.1, 0.15) is 24.5 Å². The first-order valence-corrected chi connectivity index (χ1v) is 8.15. The Morgan fingerprint density at radius 3 is 1.87 bits per heavy atom. The molecule has 0 aliphatic heterocycles. The van der Waals surface area contributed by atoms with Gasteiger partial charge < -0.3 is 10.1 Å². The van der Waals surface area contributed by atoms with Crippen LogP contribution in [0.5, 0.6) is 0 Å². The summed E-state index contributed by atoms with van der Waals surface area (Å²) < 4.78 is 6.23. The number of hydrogen-bond donors (Lipinski definition) is 1. The quantitative estimate of drug-likeness (QED) is 0.731. The van der Waals surface area contributed by atoms with Gasteiger partial charge in [0.15, 0.2) is 0 Å². The maximum atomic E-state index is 6.23. The van der Waals surface area contributed by atoms with Crippen molar-refractivity contribution in [2.45, 2.75) is 25.0 Å². The lowest BCUT2D eigenvalue weighted by atomic mass is 9.73. The summed E-state index contributed by atoms with van der Waals surface area (Å²) in [5, 5.41) is 3.43. The van der Waals surface area contributed by atoms with E-state index in [9.17, 15) is 0 Å². The fraction of sp³-hybridized carbons (Fsp3) is 0.333. The van der Waals surface area contributed by atoms with E-state index in [2.05, 4.69) is 67.4 Å². The topological polar surface area (TPSA) is 21.3 Å². The number of methoxy groups -OCH3 is 1. The second-order valence-electron chi connectivity index (χ2n) is 5.88. The summed E-state index contributed by atoms with van der Waals surface area (Å²) in [7, 11) is 3.80. The first-order valence-electron chi connectivity index (χ1n) is 8.15. The fourth-order valence-electron chi connectivity index (χ4n) is 3.52. The van der Waals surface area contributed by atoms with Gasteiger partial charge in [-0.05, 0) is 24.6 Å². The zero-order valence-electron chi connectivity index (χ0n) is 14.3. The Bertz CT molecular complexity index is 554. The molecular formula is C21H27NO. The Labute approximate surface area is 140 Å². The van der Waals surface area contributed by atoms with E-state index in [1.165, 1.54) is 11.1 Å². The van der Waals surface area contributed by atoms with E-state index >= 15 is 0 Å². The van der Waals surface area contributed by atoms with Crippen LogP contribution in [0.4, 0.5) is 0 Å². The molecule has 0 saturated carbocycles. The van der Waals surface area contributed by atoms with E-state index in [1.54, 1.807) is 7.11 Å². The molecule has 23 heavy (non-hydrogen) atoms. The molecule has 0 spiro atoms. The smallest absolute Gasteiger partial charge is 0.122 e. The van der Waals surface area contributed by atoms with Gasteiger partial charge in [-0.1, -0.05) is 73.7 Å². The van der Waals surface area contributed by atoms with Crippen molar-refractivity contribution in [3.8, 4) is 0 Å². The van der Waals surface area contributed by atoms with Crippen molar-refractivity contribution in [3.05, 3.63) is 84.4 Å². The highest BCUT2D eigenvalue weighted by atomic mass is 16.5. The Morgan fingerprint density at radius 2 is 1.52 bits per heavy atom. The predicted molar refractivity (Wildman–Crippen MR) is 97.5 cm³/mol. The summed E-state index contributed by atoms with van der Waals surface area (Å²) in [5.41, 5.74) is 1.84. The highest BCUT2D eigenvalue weighted by Gasteiger charge is 2.42. The molecule has 2 heteroatoms. The summed E-state index contributed by atoms with van der Waals surface area (Å²) in [6, 6.07) is 21.2. The van der Waals surface area contributed by atoms with Crippen molar-refractivity contribution in [2.24, 2.45) is 5.92 Å². The summed E-state index contributed by atoms with van der Waals surface area (Å²) in [4.78, 5) is 0. The van der Waals surface area contributed by atoms with Gasteiger partial charge in [0.2, 0.25) is 0 Å². The average molecular weight is 309 g/mol. The minimum atomic E-state index is -0.501. The van der Waals surface area contributed by atoms with Gasteiger partial charge >= 0.3 is 0 Å². The van der Waals surface area contributed by atoms with Gasteiger partial charge in [0.25, 0.3) is 0 Å². The van der Waals surface area contributed by atoms with E-state index in [-0.39, 0.29) is 12.0 Å². The van der Waals surface area contributed by atoms with E-state index in [4.69, 9.17) is 4.74 Å². The molecule has 0 fully saturated rings. The third-order valence-electron chi connectivity index (χ3n) is 4.76. The van der Waals surface area contributed by atoms with E-state index in [0.717, 1.165) is 6.42 Å². The summed E-state index contributed by atoms with van der Waals surface area (Å²) in [6.07, 6.45) is 2.86. The number of benzene rings is 2. The largest absolute Gasteiger partial charge is 0.368 e. The maximum Gasteiger partial charge on any atom is 0.122 e. The van der Waals surface area contributed by atoms with Crippen molar-refractivity contribution in [3.63, 3.8) is 0 Å². The van der Waals surface area contributed by atoms with Gasteiger partial charge in [-0.25, -0.2) is 0 Å². The molecule has 2 aromatic rings. The van der Waals surface area contributed by atoms with Gasteiger partial charge in [0.05, 0.1) is 0 Å². The molecule has 0 bridgehead atoms. The zero-order valence-corrected chi connectivity index (χ0v) is 14.3. The van der Waals surface area contributed by atoms with Gasteiger partial charge in [0, 0.05) is 19.1 Å². The SMILES string of the molecule is C=CCC(NC)C(C)C(OC)(c1ccccc1)c1ccccc1. The van der Waals surface area contributed by atoms with Crippen LogP contribution in [-0.4, -0.2) is 20.2 Å². The zero-order chi connectivity index (χ0) is 16.7. The molecule has 122 valence electrons. The number of rotatable bonds is 8. The molecule has 0 aromatic heterocycles. The molecule has 2 rings (SSSR count). The highest BCUT2D eigenvalue weighted by Crippen LogP contribution is 2.42. The third kappa shape index (κ3) is 3.39. The van der Waals surface area contributed by atoms with Crippen molar-refractivity contribution in [1.82, 2.24) is 5.32 Å². The second kappa shape index (κ2) is 8.09. The highest BCUT2D eigenvalue weighted by molar-refractivity contribution is 5.38. The van der Waals surface area contributed by atoms with Crippen LogP contribution in [0.25, 0.3) is 0 Å². The molecule has 0 aliphatic rings. The van der Waals surface area contributed by atoms with Crippen molar-refractivity contribution in [1.29, 1.82) is 0 Å². The standard InChI is InChI=1S/C21H27NO/c1-5-12-20(22-3)17(2)21(23-4,18-13-8-6-9-14-18)19-15-10-7-11-16-19/h5-11,13-17,20,22H,1,12H2,2-4H3. The summed E-state index contributed by atoms with van der Waals surface area (Å²) in [5.74, 6) is 0.222. The second-order valence-corrected chi connectivity index (χ2v) is 5.88. The third-order valence-corrected chi connectivity index (χ3v) is 4.76. The molecule has 2 aromatic carbocycles. The molecule has 0 amide bonds. The Kier molecular flexibility index (Phi) is 6.14. The van der Waals surface area contributed by atoms with Gasteiger partial charge in [-0.3, -0.25) is 0 Å². The molecule has 0 saturated heterocycles. The van der Waals surface area contributed by atoms with E-state index in [0.29, 0.717) is 0 Å². The van der Waals surface area contributed by atoms with Crippen LogP contribution in [-0.2, 0) is 10.3 Å². The minimum Gasteiger partial charge on any atom is -0.368 e. The molecule has 0 aliphatic carbocycles. The van der Waals surface area contributed by atoms with Gasteiger partial charge in [0.1, 0.15) is 5.60 Å². The van der Waals surface area contributed by atoms with Crippen molar-refractivity contribution >= 4 is 0 Å². The van der Waals surface area contributed by atoms with Crippen LogP contribution in [0.2, 0.25) is 0 Å². The van der Waals surface area contributed by atoms with Crippen LogP contribution in [0, 0.1) is 5.92 Å². The maximum absolute atomic E-state index is 6.23. The van der Waals surface area contributed by atoms with E-state index < -0.39 is 5.60 Å².